The van der Waals surface area contributed by atoms with Crippen LogP contribution in [0.15, 0.2) is 12.7 Å². The summed E-state index contributed by atoms with van der Waals surface area (Å²) in [5, 5.41) is 53.5. The van der Waals surface area contributed by atoms with Gasteiger partial charge < -0.3 is 36.0 Å². The van der Waals surface area contributed by atoms with Gasteiger partial charge in [0.1, 0.15) is 30.9 Å². The normalized spacial score (nSPS) is 28.3. The molecule has 3 amide bonds. The number of amides is 3. The van der Waals surface area contributed by atoms with Crippen molar-refractivity contribution >= 4 is 28.9 Å². The number of fused-ring (bicyclic) bond motifs is 1. The third kappa shape index (κ3) is 3.70. The fourth-order valence-electron chi connectivity index (χ4n) is 2.85. The van der Waals surface area contributed by atoms with Crippen molar-refractivity contribution in [2.24, 2.45) is 5.73 Å². The van der Waals surface area contributed by atoms with Gasteiger partial charge in [0.15, 0.2) is 23.1 Å². The molecule has 1 saturated heterocycles. The Morgan fingerprint density at radius 1 is 1.37 bits per heavy atom. The van der Waals surface area contributed by atoms with Crippen molar-refractivity contribution in [3.8, 4) is 0 Å². The Kier molecular flexibility index (Phi) is 5.95. The first-order chi connectivity index (χ1) is 14.1. The number of hydrogen-bond donors (Lipinski definition) is 8. The highest BCUT2D eigenvalue weighted by atomic mass is 16.7. The summed E-state index contributed by atoms with van der Waals surface area (Å²) < 4.78 is 6.08. The third-order valence-corrected chi connectivity index (χ3v) is 4.56. The standard InChI is InChI=1S/C15H21N7O8/c1-5(24)7(16)13(27)21-14(28)20-11-8-12(18-3-17-11)22(4-19-8)15(29)10(26)9(25)6(2-23)30-15/h3-7,9-10,23-26,29H,2,16H2,1H3,(H2,17,18,20,21,27,28)/t5?,6-,7?,9-,10-,15-/m1/s1. The highest BCUT2D eigenvalue weighted by Gasteiger charge is 2.55. The second-order valence-corrected chi connectivity index (χ2v) is 6.65. The minimum absolute atomic E-state index is 0.0499. The van der Waals surface area contributed by atoms with Crippen molar-refractivity contribution in [2.75, 3.05) is 11.9 Å². The van der Waals surface area contributed by atoms with Gasteiger partial charge in [-0.05, 0) is 6.92 Å². The van der Waals surface area contributed by atoms with Gasteiger partial charge in [0.05, 0.1) is 12.7 Å². The molecular weight excluding hydrogens is 406 g/mol. The lowest BCUT2D eigenvalue weighted by Crippen LogP contribution is -2.50. The Balaban J connectivity index is 1.86. The summed E-state index contributed by atoms with van der Waals surface area (Å²) >= 11 is 0. The topological polar surface area (TPSA) is 238 Å². The molecule has 0 aliphatic carbocycles. The van der Waals surface area contributed by atoms with Crippen LogP contribution in [0.2, 0.25) is 0 Å². The number of nitrogens with two attached hydrogens (primary N) is 1. The van der Waals surface area contributed by atoms with Crippen LogP contribution >= 0.6 is 0 Å². The Labute approximate surface area is 168 Å². The molecule has 15 nitrogen and oxygen atoms in total. The predicted molar refractivity (Wildman–Crippen MR) is 96.3 cm³/mol. The number of nitrogens with one attached hydrogen (secondary N) is 2. The summed E-state index contributed by atoms with van der Waals surface area (Å²) in [5.74, 6) is -3.60. The monoisotopic (exact) mass is 427 g/mol. The fourth-order valence-corrected chi connectivity index (χ4v) is 2.85. The number of aromatic nitrogens is 4. The van der Waals surface area contributed by atoms with Crippen LogP contribution in [-0.4, -0.2) is 94.1 Å². The summed E-state index contributed by atoms with van der Waals surface area (Å²) in [4.78, 5) is 35.5. The van der Waals surface area contributed by atoms with Crippen molar-refractivity contribution in [3.05, 3.63) is 12.7 Å². The summed E-state index contributed by atoms with van der Waals surface area (Å²) in [6.45, 7) is 0.614. The van der Waals surface area contributed by atoms with E-state index in [9.17, 15) is 35.1 Å². The third-order valence-electron chi connectivity index (χ3n) is 4.56. The van der Waals surface area contributed by atoms with E-state index >= 15 is 0 Å². The number of imidazole rings is 1. The van der Waals surface area contributed by atoms with Crippen LogP contribution in [0.3, 0.4) is 0 Å². The van der Waals surface area contributed by atoms with E-state index in [2.05, 4.69) is 20.3 Å². The quantitative estimate of drug-likeness (QED) is 0.227. The van der Waals surface area contributed by atoms with Crippen molar-refractivity contribution in [1.82, 2.24) is 24.8 Å². The average Bonchev–Trinajstić information content (AvgIpc) is 3.23. The van der Waals surface area contributed by atoms with E-state index in [1.54, 1.807) is 0 Å². The predicted octanol–water partition coefficient (Wildman–Crippen LogP) is -4.10. The molecule has 2 aromatic heterocycles. The number of aliphatic hydroxyl groups is 5. The number of ether oxygens (including phenoxy) is 1. The molecule has 2 unspecified atom stereocenters. The Morgan fingerprint density at radius 3 is 2.67 bits per heavy atom. The molecule has 0 radical (unpaired) electrons. The van der Waals surface area contributed by atoms with Gasteiger partial charge in [-0.2, -0.15) is 0 Å². The Morgan fingerprint density at radius 2 is 2.07 bits per heavy atom. The van der Waals surface area contributed by atoms with E-state index in [1.165, 1.54) is 6.92 Å². The maximum atomic E-state index is 12.0. The molecule has 6 atom stereocenters. The molecule has 1 fully saturated rings. The van der Waals surface area contributed by atoms with E-state index in [0.29, 0.717) is 0 Å². The van der Waals surface area contributed by atoms with Crippen LogP contribution < -0.4 is 16.4 Å². The molecule has 1 aliphatic heterocycles. The van der Waals surface area contributed by atoms with Gasteiger partial charge in [0.25, 0.3) is 5.91 Å². The average molecular weight is 427 g/mol. The molecule has 164 valence electrons. The van der Waals surface area contributed by atoms with Crippen molar-refractivity contribution < 1.29 is 39.9 Å². The first-order valence-electron chi connectivity index (χ1n) is 8.71. The fraction of sp³-hybridized carbons (Fsp3) is 0.533. The largest absolute Gasteiger partial charge is 0.394 e. The first kappa shape index (κ1) is 21.9. The number of anilines is 1. The minimum Gasteiger partial charge on any atom is -0.394 e. The molecule has 0 saturated carbocycles. The molecule has 3 heterocycles. The van der Waals surface area contributed by atoms with Crippen LogP contribution in [0.1, 0.15) is 6.92 Å². The molecule has 1 aliphatic rings. The van der Waals surface area contributed by atoms with Crippen LogP contribution in [0.5, 0.6) is 0 Å². The molecular formula is C15H21N7O8. The van der Waals surface area contributed by atoms with Gasteiger partial charge in [-0.1, -0.05) is 0 Å². The highest BCUT2D eigenvalue weighted by Crippen LogP contribution is 2.35. The number of carbonyl (C=O) groups is 2. The van der Waals surface area contributed by atoms with Crippen molar-refractivity contribution in [2.45, 2.75) is 43.3 Å². The zero-order valence-electron chi connectivity index (χ0n) is 15.6. The second kappa shape index (κ2) is 8.15. The number of carbonyl (C=O) groups excluding carboxylic acids is 2. The number of imide groups is 1. The zero-order valence-corrected chi connectivity index (χ0v) is 15.6. The molecule has 0 aromatic carbocycles. The van der Waals surface area contributed by atoms with E-state index in [4.69, 9.17) is 10.5 Å². The molecule has 15 heteroatoms. The van der Waals surface area contributed by atoms with Gasteiger partial charge in [0.2, 0.25) is 5.91 Å². The molecule has 9 N–H and O–H groups in total. The van der Waals surface area contributed by atoms with E-state index in [0.717, 1.165) is 17.2 Å². The highest BCUT2D eigenvalue weighted by molar-refractivity contribution is 6.04. The maximum absolute atomic E-state index is 12.0. The van der Waals surface area contributed by atoms with Crippen LogP contribution in [0.25, 0.3) is 11.2 Å². The van der Waals surface area contributed by atoms with Gasteiger partial charge in [0, 0.05) is 0 Å². The first-order valence-corrected chi connectivity index (χ1v) is 8.71. The van der Waals surface area contributed by atoms with Crippen molar-refractivity contribution in [1.29, 1.82) is 0 Å². The second-order valence-electron chi connectivity index (χ2n) is 6.65. The summed E-state index contributed by atoms with van der Waals surface area (Å²) in [7, 11) is 0. The lowest BCUT2D eigenvalue weighted by Gasteiger charge is -2.27. The Bertz CT molecular complexity index is 952. The molecule has 2 aromatic rings. The molecule has 3 rings (SSSR count). The number of nitrogens with zero attached hydrogens (tertiary/aromatic N) is 4. The van der Waals surface area contributed by atoms with Crippen LogP contribution in [0.4, 0.5) is 10.6 Å². The summed E-state index contributed by atoms with van der Waals surface area (Å²) in [5.41, 5.74) is 5.29. The minimum atomic E-state index is -2.50. The number of urea groups is 1. The van der Waals surface area contributed by atoms with E-state index < -0.39 is 54.9 Å². The zero-order chi connectivity index (χ0) is 22.2. The lowest BCUT2D eigenvalue weighted by atomic mass is 10.1. The maximum Gasteiger partial charge on any atom is 0.327 e. The van der Waals surface area contributed by atoms with Crippen molar-refractivity contribution in [3.63, 3.8) is 0 Å². The number of rotatable bonds is 5. The Hall–Kier alpha value is -2.79. The molecule has 0 bridgehead atoms. The van der Waals surface area contributed by atoms with Gasteiger partial charge in [-0.15, -0.1) is 0 Å². The van der Waals surface area contributed by atoms with E-state index in [1.807, 2.05) is 5.32 Å². The molecule has 0 spiro atoms. The van der Waals surface area contributed by atoms with Crippen LogP contribution in [-0.2, 0) is 15.4 Å². The SMILES string of the molecule is CC(O)C(N)C(=O)NC(=O)Nc1ncnc2c1ncn2[C@]1(O)O[C@H](CO)[C@@H](O)[C@H]1O. The van der Waals surface area contributed by atoms with E-state index in [-0.39, 0.29) is 17.0 Å². The lowest BCUT2D eigenvalue weighted by molar-refractivity contribution is -0.287. The number of aliphatic hydroxyl groups excluding tert-OH is 4. The summed E-state index contributed by atoms with van der Waals surface area (Å²) in [6, 6.07) is -2.35. The number of hydrogen-bond acceptors (Lipinski definition) is 12. The van der Waals surface area contributed by atoms with Crippen LogP contribution in [0, 0.1) is 0 Å². The van der Waals surface area contributed by atoms with Gasteiger partial charge in [-0.3, -0.25) is 20.0 Å². The molecule has 30 heavy (non-hydrogen) atoms. The smallest absolute Gasteiger partial charge is 0.327 e. The van der Waals surface area contributed by atoms with Gasteiger partial charge >= 0.3 is 6.03 Å². The van der Waals surface area contributed by atoms with Gasteiger partial charge in [-0.25, -0.2) is 19.7 Å². The summed E-state index contributed by atoms with van der Waals surface area (Å²) in [6.07, 6.45) is -3.86.